The Kier molecular flexibility index (Phi) is 6.99. The van der Waals surface area contributed by atoms with E-state index in [1.165, 1.54) is 7.11 Å². The number of hydrogen-bond donors (Lipinski definition) is 2. The lowest BCUT2D eigenvalue weighted by molar-refractivity contribution is -0.146. The number of amides is 2. The maximum atomic E-state index is 11.9. The zero-order valence-corrected chi connectivity index (χ0v) is 14.7. The second kappa shape index (κ2) is 9.43. The van der Waals surface area contributed by atoms with Crippen molar-refractivity contribution in [3.63, 3.8) is 0 Å². The number of carbonyl (C=O) groups is 3. The van der Waals surface area contributed by atoms with Gasteiger partial charge in [0, 0.05) is 16.3 Å². The van der Waals surface area contributed by atoms with Crippen LogP contribution in [0.2, 0.25) is 5.02 Å². The maximum absolute atomic E-state index is 11.9. The summed E-state index contributed by atoms with van der Waals surface area (Å²) in [5.74, 6) is -1.04. The lowest BCUT2D eigenvalue weighted by Gasteiger charge is -2.08. The molecule has 0 saturated carbocycles. The minimum Gasteiger partial charge on any atom is -0.497 e. The van der Waals surface area contributed by atoms with E-state index in [0.717, 1.165) is 0 Å². The summed E-state index contributed by atoms with van der Waals surface area (Å²) in [6, 6.07) is 12.9. The van der Waals surface area contributed by atoms with E-state index in [-0.39, 0.29) is 6.54 Å². The predicted octanol–water partition coefficient (Wildman–Crippen LogP) is 2.26. The summed E-state index contributed by atoms with van der Waals surface area (Å²) in [5, 5.41) is 5.51. The lowest BCUT2D eigenvalue weighted by atomic mass is 10.2. The molecule has 0 aromatic heterocycles. The van der Waals surface area contributed by atoms with Crippen LogP contribution >= 0.6 is 11.6 Å². The van der Waals surface area contributed by atoms with Gasteiger partial charge in [-0.1, -0.05) is 11.6 Å². The Morgan fingerprint density at radius 3 is 2.27 bits per heavy atom. The fourth-order valence-corrected chi connectivity index (χ4v) is 2.05. The number of ether oxygens (including phenoxy) is 2. The third-order valence-electron chi connectivity index (χ3n) is 3.24. The highest BCUT2D eigenvalue weighted by Gasteiger charge is 2.11. The van der Waals surface area contributed by atoms with Crippen LogP contribution in [0.15, 0.2) is 48.5 Å². The highest BCUT2D eigenvalue weighted by atomic mass is 35.5. The number of nitrogens with one attached hydrogen (secondary N) is 2. The van der Waals surface area contributed by atoms with Crippen LogP contribution in [0.25, 0.3) is 0 Å². The Hall–Kier alpha value is -3.06. The molecule has 0 radical (unpaired) electrons. The van der Waals surface area contributed by atoms with Crippen molar-refractivity contribution in [2.75, 3.05) is 25.6 Å². The van der Waals surface area contributed by atoms with E-state index in [4.69, 9.17) is 21.1 Å². The van der Waals surface area contributed by atoms with Gasteiger partial charge in [-0.3, -0.25) is 14.4 Å². The maximum Gasteiger partial charge on any atom is 0.325 e. The van der Waals surface area contributed by atoms with E-state index < -0.39 is 24.4 Å². The predicted molar refractivity (Wildman–Crippen MR) is 96.4 cm³/mol. The summed E-state index contributed by atoms with van der Waals surface area (Å²) < 4.78 is 9.81. The van der Waals surface area contributed by atoms with Gasteiger partial charge in [0.25, 0.3) is 11.8 Å². The first-order valence-corrected chi connectivity index (χ1v) is 7.99. The molecule has 0 bridgehead atoms. The van der Waals surface area contributed by atoms with Crippen LogP contribution in [0.1, 0.15) is 10.4 Å². The monoisotopic (exact) mass is 376 g/mol. The molecule has 0 aliphatic carbocycles. The number of benzene rings is 2. The molecule has 26 heavy (non-hydrogen) atoms. The highest BCUT2D eigenvalue weighted by molar-refractivity contribution is 6.30. The molecule has 2 rings (SSSR count). The molecule has 2 aromatic carbocycles. The third kappa shape index (κ3) is 6.10. The Balaban J connectivity index is 1.71. The first-order chi connectivity index (χ1) is 12.5. The Labute approximate surface area is 155 Å². The first-order valence-electron chi connectivity index (χ1n) is 7.61. The minimum absolute atomic E-state index is 0.348. The number of esters is 1. The van der Waals surface area contributed by atoms with E-state index in [9.17, 15) is 14.4 Å². The second-order valence-electron chi connectivity index (χ2n) is 5.13. The van der Waals surface area contributed by atoms with Gasteiger partial charge in [0.2, 0.25) is 0 Å². The van der Waals surface area contributed by atoms with Crippen molar-refractivity contribution in [3.05, 3.63) is 59.1 Å². The largest absolute Gasteiger partial charge is 0.497 e. The van der Waals surface area contributed by atoms with Crippen molar-refractivity contribution in [1.82, 2.24) is 5.32 Å². The average molecular weight is 377 g/mol. The molecule has 0 aliphatic rings. The molecule has 2 N–H and O–H groups in total. The summed E-state index contributed by atoms with van der Waals surface area (Å²) in [6.07, 6.45) is 0. The second-order valence-corrected chi connectivity index (χ2v) is 5.56. The van der Waals surface area contributed by atoms with Crippen LogP contribution in [-0.2, 0) is 14.3 Å². The fraction of sp³-hybridized carbons (Fsp3) is 0.167. The van der Waals surface area contributed by atoms with Crippen molar-refractivity contribution in [3.8, 4) is 5.75 Å². The first kappa shape index (κ1) is 19.3. The summed E-state index contributed by atoms with van der Waals surface area (Å²) in [5.41, 5.74) is 0.905. The Morgan fingerprint density at radius 1 is 1.00 bits per heavy atom. The molecular formula is C18H17ClN2O5. The van der Waals surface area contributed by atoms with Crippen LogP contribution in [0.5, 0.6) is 5.75 Å². The topological polar surface area (TPSA) is 93.7 Å². The minimum atomic E-state index is -0.724. The van der Waals surface area contributed by atoms with Crippen LogP contribution in [0, 0.1) is 0 Å². The number of carbonyl (C=O) groups excluding carboxylic acids is 3. The zero-order valence-electron chi connectivity index (χ0n) is 14.0. The SMILES string of the molecule is COc1ccc(C(=O)NCC(=O)OCC(=O)Nc2ccc(Cl)cc2)cc1. The molecule has 0 saturated heterocycles. The van der Waals surface area contributed by atoms with E-state index in [0.29, 0.717) is 22.0 Å². The van der Waals surface area contributed by atoms with E-state index >= 15 is 0 Å². The molecule has 0 unspecified atom stereocenters. The van der Waals surface area contributed by atoms with Gasteiger partial charge >= 0.3 is 5.97 Å². The molecule has 0 atom stereocenters. The molecule has 7 nitrogen and oxygen atoms in total. The highest BCUT2D eigenvalue weighted by Crippen LogP contribution is 2.13. The molecule has 8 heteroatoms. The van der Waals surface area contributed by atoms with E-state index in [1.54, 1.807) is 48.5 Å². The summed E-state index contributed by atoms with van der Waals surface area (Å²) in [7, 11) is 1.52. The van der Waals surface area contributed by atoms with Crippen molar-refractivity contribution in [1.29, 1.82) is 0 Å². The normalized spacial score (nSPS) is 9.92. The van der Waals surface area contributed by atoms with Crippen LogP contribution in [-0.4, -0.2) is 38.0 Å². The van der Waals surface area contributed by atoms with Gasteiger partial charge in [0.1, 0.15) is 12.3 Å². The molecule has 0 heterocycles. The van der Waals surface area contributed by atoms with Crippen LogP contribution in [0.4, 0.5) is 5.69 Å². The molecule has 2 aromatic rings. The molecule has 136 valence electrons. The summed E-state index contributed by atoms with van der Waals surface area (Å²) in [4.78, 5) is 35.2. The Bertz CT molecular complexity index is 775. The van der Waals surface area contributed by atoms with Crippen molar-refractivity contribution >= 4 is 35.1 Å². The number of halogens is 1. The number of methoxy groups -OCH3 is 1. The van der Waals surface area contributed by atoms with Crippen molar-refractivity contribution in [2.24, 2.45) is 0 Å². The van der Waals surface area contributed by atoms with Gasteiger partial charge in [-0.2, -0.15) is 0 Å². The van der Waals surface area contributed by atoms with Gasteiger partial charge in [0.05, 0.1) is 7.11 Å². The van der Waals surface area contributed by atoms with Gasteiger partial charge in [-0.25, -0.2) is 0 Å². The molecule has 0 fully saturated rings. The van der Waals surface area contributed by atoms with Crippen molar-refractivity contribution < 1.29 is 23.9 Å². The molecule has 0 spiro atoms. The molecule has 0 aliphatic heterocycles. The average Bonchev–Trinajstić information content (AvgIpc) is 2.66. The van der Waals surface area contributed by atoms with Gasteiger partial charge in [0.15, 0.2) is 6.61 Å². The molecular weight excluding hydrogens is 360 g/mol. The van der Waals surface area contributed by atoms with Gasteiger partial charge in [-0.15, -0.1) is 0 Å². The summed E-state index contributed by atoms with van der Waals surface area (Å²) >= 11 is 5.75. The quantitative estimate of drug-likeness (QED) is 0.723. The number of hydrogen-bond acceptors (Lipinski definition) is 5. The van der Waals surface area contributed by atoms with Crippen molar-refractivity contribution in [2.45, 2.75) is 0 Å². The smallest absolute Gasteiger partial charge is 0.325 e. The lowest BCUT2D eigenvalue weighted by Crippen LogP contribution is -2.32. The van der Waals surface area contributed by atoms with Gasteiger partial charge < -0.3 is 20.1 Å². The third-order valence-corrected chi connectivity index (χ3v) is 3.49. The Morgan fingerprint density at radius 2 is 1.65 bits per heavy atom. The summed E-state index contributed by atoms with van der Waals surface area (Å²) in [6.45, 7) is -0.807. The molecule has 2 amide bonds. The zero-order chi connectivity index (χ0) is 18.9. The number of anilines is 1. The van der Waals surface area contributed by atoms with Crippen LogP contribution < -0.4 is 15.4 Å². The van der Waals surface area contributed by atoms with Crippen LogP contribution in [0.3, 0.4) is 0 Å². The van der Waals surface area contributed by atoms with E-state index in [2.05, 4.69) is 10.6 Å². The van der Waals surface area contributed by atoms with Gasteiger partial charge in [-0.05, 0) is 48.5 Å². The standard InChI is InChI=1S/C18H17ClN2O5/c1-25-15-8-2-12(3-9-15)18(24)20-10-17(23)26-11-16(22)21-14-6-4-13(19)5-7-14/h2-9H,10-11H2,1H3,(H,20,24)(H,21,22). The fourth-order valence-electron chi connectivity index (χ4n) is 1.92. The number of rotatable bonds is 7. The van der Waals surface area contributed by atoms with E-state index in [1.807, 2.05) is 0 Å².